The normalized spacial score (nSPS) is 28.5. The van der Waals surface area contributed by atoms with Crippen LogP contribution in [0, 0.1) is 5.41 Å². The van der Waals surface area contributed by atoms with E-state index in [-0.39, 0.29) is 5.97 Å². The molecule has 0 saturated heterocycles. The maximum Gasteiger partial charge on any atom is 0.325 e. The zero-order valence-corrected chi connectivity index (χ0v) is 7.23. The van der Waals surface area contributed by atoms with Crippen molar-refractivity contribution in [2.75, 3.05) is 7.11 Å². The summed E-state index contributed by atoms with van der Waals surface area (Å²) in [5, 5.41) is 0. The fourth-order valence-corrected chi connectivity index (χ4v) is 1.51. The van der Waals surface area contributed by atoms with Crippen LogP contribution in [0.25, 0.3) is 0 Å². The van der Waals surface area contributed by atoms with Crippen molar-refractivity contribution in [3.63, 3.8) is 0 Å². The summed E-state index contributed by atoms with van der Waals surface area (Å²) in [5.41, 5.74) is -0.0365. The van der Waals surface area contributed by atoms with Crippen LogP contribution in [0.1, 0.15) is 0 Å². The number of carbonyl (C=O) groups excluding carboxylic acids is 1. The van der Waals surface area contributed by atoms with Crippen LogP contribution in [0.15, 0.2) is 41.6 Å². The van der Waals surface area contributed by atoms with Crippen molar-refractivity contribution in [1.29, 1.82) is 0 Å². The van der Waals surface area contributed by atoms with E-state index in [1.807, 2.05) is 18.2 Å². The van der Waals surface area contributed by atoms with Crippen LogP contribution in [0.5, 0.6) is 0 Å². The number of esters is 1. The zero-order valence-electron chi connectivity index (χ0n) is 7.23. The van der Waals surface area contributed by atoms with E-state index in [1.165, 1.54) is 7.11 Å². The Morgan fingerprint density at radius 3 is 3.08 bits per heavy atom. The van der Waals surface area contributed by atoms with E-state index in [1.54, 1.807) is 18.4 Å². The smallest absolute Gasteiger partial charge is 0.325 e. The molecule has 0 spiro atoms. The molecule has 13 heavy (non-hydrogen) atoms. The van der Waals surface area contributed by atoms with Gasteiger partial charge in [0, 0.05) is 6.20 Å². The van der Waals surface area contributed by atoms with E-state index < -0.39 is 5.41 Å². The molecule has 1 atom stereocenters. The fraction of sp³-hybridized carbons (Fsp3) is 0.200. The number of methoxy groups -OCH3 is 1. The molecule has 0 fully saturated rings. The number of hydrogen-bond acceptors (Lipinski definition) is 3. The number of ether oxygens (including phenoxy) is 1. The van der Waals surface area contributed by atoms with Gasteiger partial charge in [0.2, 0.25) is 0 Å². The molecule has 0 saturated carbocycles. The molecule has 1 heterocycles. The van der Waals surface area contributed by atoms with Crippen molar-refractivity contribution >= 4 is 11.7 Å². The molecule has 0 aromatic heterocycles. The summed E-state index contributed by atoms with van der Waals surface area (Å²) >= 11 is 0. The summed E-state index contributed by atoms with van der Waals surface area (Å²) in [5.74, 6) is -0.291. The minimum Gasteiger partial charge on any atom is -0.468 e. The van der Waals surface area contributed by atoms with E-state index >= 15 is 0 Å². The third-order valence-electron chi connectivity index (χ3n) is 2.22. The minimum atomic E-state index is -0.760. The molecule has 0 aromatic rings. The number of rotatable bonds is 1. The molecule has 0 N–H and O–H groups in total. The Bertz CT molecular complexity index is 363. The lowest BCUT2D eigenvalue weighted by Gasteiger charge is -2.22. The summed E-state index contributed by atoms with van der Waals surface area (Å²) < 4.78 is 4.74. The topological polar surface area (TPSA) is 38.7 Å². The summed E-state index contributed by atoms with van der Waals surface area (Å²) in [6.45, 7) is 0. The van der Waals surface area contributed by atoms with Crippen LogP contribution in [-0.2, 0) is 9.53 Å². The lowest BCUT2D eigenvalue weighted by Crippen LogP contribution is -2.35. The Kier molecular flexibility index (Phi) is 1.65. The molecule has 66 valence electrons. The quantitative estimate of drug-likeness (QED) is 0.562. The lowest BCUT2D eigenvalue weighted by atomic mass is 9.81. The Hall–Kier alpha value is -1.64. The lowest BCUT2D eigenvalue weighted by molar-refractivity contribution is -0.144. The summed E-state index contributed by atoms with van der Waals surface area (Å²) in [6.07, 6.45) is 10.7. The molecular weight excluding hydrogens is 166 g/mol. The van der Waals surface area contributed by atoms with Gasteiger partial charge in [-0.15, -0.1) is 0 Å². The third-order valence-corrected chi connectivity index (χ3v) is 2.22. The van der Waals surface area contributed by atoms with Crippen LogP contribution in [0.3, 0.4) is 0 Å². The van der Waals surface area contributed by atoms with E-state index in [2.05, 4.69) is 4.99 Å². The van der Waals surface area contributed by atoms with Gasteiger partial charge >= 0.3 is 5.97 Å². The number of carbonyl (C=O) groups is 1. The second kappa shape index (κ2) is 2.69. The third kappa shape index (κ3) is 0.967. The van der Waals surface area contributed by atoms with Crippen LogP contribution in [-0.4, -0.2) is 18.8 Å². The Morgan fingerprint density at radius 2 is 2.31 bits per heavy atom. The van der Waals surface area contributed by atoms with Gasteiger partial charge in [-0.2, -0.15) is 0 Å². The van der Waals surface area contributed by atoms with Crippen molar-refractivity contribution in [2.24, 2.45) is 10.4 Å². The number of allylic oxidation sites excluding steroid dienone is 3. The number of nitrogens with zero attached hydrogens (tertiary/aromatic N) is 1. The van der Waals surface area contributed by atoms with Crippen LogP contribution in [0.2, 0.25) is 0 Å². The number of aliphatic imine (C=N–C) groups is 1. The Morgan fingerprint density at radius 1 is 1.46 bits per heavy atom. The Labute approximate surface area is 76.1 Å². The van der Waals surface area contributed by atoms with Gasteiger partial charge in [-0.1, -0.05) is 18.2 Å². The number of fused-ring (bicyclic) bond motifs is 1. The first kappa shape index (κ1) is 7.98. The number of hydrogen-bond donors (Lipinski definition) is 0. The second-order valence-corrected chi connectivity index (χ2v) is 2.91. The highest BCUT2D eigenvalue weighted by Gasteiger charge is 2.41. The molecule has 0 bridgehead atoms. The molecule has 1 unspecified atom stereocenters. The molecule has 1 aliphatic carbocycles. The zero-order chi connectivity index (χ0) is 9.31. The van der Waals surface area contributed by atoms with E-state index in [0.29, 0.717) is 0 Å². The maximum absolute atomic E-state index is 11.5. The average Bonchev–Trinajstić information content (AvgIpc) is 2.61. The summed E-state index contributed by atoms with van der Waals surface area (Å²) in [7, 11) is 1.38. The van der Waals surface area contributed by atoms with E-state index in [4.69, 9.17) is 4.74 Å². The predicted molar refractivity (Wildman–Crippen MR) is 49.3 cm³/mol. The van der Waals surface area contributed by atoms with Crippen molar-refractivity contribution < 1.29 is 9.53 Å². The van der Waals surface area contributed by atoms with Crippen LogP contribution in [0.4, 0.5) is 0 Å². The monoisotopic (exact) mass is 175 g/mol. The van der Waals surface area contributed by atoms with Gasteiger partial charge in [0.05, 0.1) is 12.8 Å². The average molecular weight is 175 g/mol. The van der Waals surface area contributed by atoms with Crippen molar-refractivity contribution in [1.82, 2.24) is 0 Å². The van der Waals surface area contributed by atoms with Gasteiger partial charge in [-0.3, -0.25) is 9.79 Å². The van der Waals surface area contributed by atoms with Crippen LogP contribution >= 0.6 is 0 Å². The first-order valence-electron chi connectivity index (χ1n) is 4.00. The van der Waals surface area contributed by atoms with E-state index in [0.717, 1.165) is 5.71 Å². The highest BCUT2D eigenvalue weighted by atomic mass is 16.5. The summed E-state index contributed by atoms with van der Waals surface area (Å²) in [6, 6.07) is 0. The molecular formula is C10H9NO2. The maximum atomic E-state index is 11.5. The highest BCUT2D eigenvalue weighted by Crippen LogP contribution is 2.32. The van der Waals surface area contributed by atoms with Crippen LogP contribution < -0.4 is 0 Å². The highest BCUT2D eigenvalue weighted by molar-refractivity contribution is 6.18. The standard InChI is InChI=1S/C10H9NO2/c1-13-9(12)10-5-3-2-4-8(10)11-7-6-10/h2-7H,1H3. The SMILES string of the molecule is COC(=O)C12C=CC=CC1=NC=C2. The first-order valence-corrected chi connectivity index (χ1v) is 4.00. The molecule has 0 amide bonds. The largest absolute Gasteiger partial charge is 0.468 e. The van der Waals surface area contributed by atoms with Gasteiger partial charge < -0.3 is 4.74 Å². The molecule has 0 aromatic carbocycles. The van der Waals surface area contributed by atoms with Gasteiger partial charge in [0.1, 0.15) is 5.41 Å². The van der Waals surface area contributed by atoms with Gasteiger partial charge in [0.25, 0.3) is 0 Å². The van der Waals surface area contributed by atoms with Gasteiger partial charge in [-0.05, 0) is 12.2 Å². The van der Waals surface area contributed by atoms with Gasteiger partial charge in [-0.25, -0.2) is 0 Å². The Balaban J connectivity index is 2.46. The predicted octanol–water partition coefficient (Wildman–Crippen LogP) is 1.24. The van der Waals surface area contributed by atoms with Crippen molar-refractivity contribution in [3.05, 3.63) is 36.6 Å². The second-order valence-electron chi connectivity index (χ2n) is 2.91. The first-order chi connectivity index (χ1) is 6.29. The molecule has 0 radical (unpaired) electrons. The fourth-order valence-electron chi connectivity index (χ4n) is 1.51. The summed E-state index contributed by atoms with van der Waals surface area (Å²) in [4.78, 5) is 15.6. The molecule has 2 aliphatic rings. The molecule has 1 aliphatic heterocycles. The minimum absolute atomic E-state index is 0.291. The van der Waals surface area contributed by atoms with Crippen molar-refractivity contribution in [2.45, 2.75) is 0 Å². The van der Waals surface area contributed by atoms with E-state index in [9.17, 15) is 4.79 Å². The molecule has 3 heteroatoms. The van der Waals surface area contributed by atoms with Crippen molar-refractivity contribution in [3.8, 4) is 0 Å². The van der Waals surface area contributed by atoms with Gasteiger partial charge in [0.15, 0.2) is 0 Å². The molecule has 3 nitrogen and oxygen atoms in total. The molecule has 2 rings (SSSR count).